The smallest absolute Gasteiger partial charge is 0.338 e. The first-order valence-electron chi connectivity index (χ1n) is 9.11. The van der Waals surface area contributed by atoms with E-state index < -0.39 is 11.8 Å². The number of rotatable bonds is 5. The van der Waals surface area contributed by atoms with Gasteiger partial charge >= 0.3 is 5.97 Å². The zero-order valence-electron chi connectivity index (χ0n) is 14.7. The molecular weight excluding hydrogens is 354 g/mol. The number of pyridine rings is 1. The van der Waals surface area contributed by atoms with Crippen molar-refractivity contribution in [1.82, 2.24) is 4.98 Å². The van der Waals surface area contributed by atoms with E-state index in [0.717, 1.165) is 37.8 Å². The lowest BCUT2D eigenvalue weighted by atomic mass is 10.0. The molecule has 0 radical (unpaired) electrons. The highest BCUT2D eigenvalue weighted by molar-refractivity contribution is 5.88. The van der Waals surface area contributed by atoms with Gasteiger partial charge in [-0.25, -0.2) is 18.6 Å². The Morgan fingerprint density at radius 1 is 1.22 bits per heavy atom. The van der Waals surface area contributed by atoms with Crippen molar-refractivity contribution >= 4 is 11.8 Å². The monoisotopic (exact) mass is 374 g/mol. The molecule has 0 bridgehead atoms. The molecule has 0 unspecified atom stereocenters. The highest BCUT2D eigenvalue weighted by Gasteiger charge is 2.31. The van der Waals surface area contributed by atoms with Gasteiger partial charge in [-0.3, -0.25) is 0 Å². The second-order valence-electron chi connectivity index (χ2n) is 7.11. The van der Waals surface area contributed by atoms with Gasteiger partial charge in [-0.2, -0.15) is 0 Å². The number of carboxylic acid groups (broad SMARTS) is 1. The van der Waals surface area contributed by atoms with Crippen molar-refractivity contribution in [1.29, 1.82) is 0 Å². The maximum atomic E-state index is 14.2. The first-order chi connectivity index (χ1) is 13.0. The standard InChI is InChI=1S/C20H20F2N2O3/c21-13-5-6-19(23-10-13)24-7-1-2-14(11-24)27-18-9-17(22)16(20(25)26)8-15(18)12-3-4-12/h5-6,8-10,12,14H,1-4,7,11H2,(H,25,26)/t14-/m1/s1. The summed E-state index contributed by atoms with van der Waals surface area (Å²) in [4.78, 5) is 17.4. The van der Waals surface area contributed by atoms with Crippen LogP contribution in [0.15, 0.2) is 30.5 Å². The number of piperidine rings is 1. The number of benzene rings is 1. The third-order valence-electron chi connectivity index (χ3n) is 5.05. The molecule has 2 aromatic rings. The molecule has 2 fully saturated rings. The topological polar surface area (TPSA) is 62.7 Å². The summed E-state index contributed by atoms with van der Waals surface area (Å²) in [5, 5.41) is 9.16. The molecular formula is C20H20F2N2O3. The molecule has 2 heterocycles. The van der Waals surface area contributed by atoms with Gasteiger partial charge in [-0.15, -0.1) is 0 Å². The van der Waals surface area contributed by atoms with Crippen molar-refractivity contribution in [2.45, 2.75) is 37.7 Å². The van der Waals surface area contributed by atoms with E-state index >= 15 is 0 Å². The summed E-state index contributed by atoms with van der Waals surface area (Å²) in [5.74, 6) is -1.09. The minimum atomic E-state index is -1.27. The number of aromatic carboxylic acids is 1. The Bertz CT molecular complexity index is 853. The number of nitrogens with zero attached hydrogens (tertiary/aromatic N) is 2. The number of anilines is 1. The molecule has 1 aromatic heterocycles. The van der Waals surface area contributed by atoms with Gasteiger partial charge in [0.05, 0.1) is 18.3 Å². The summed E-state index contributed by atoms with van der Waals surface area (Å²) >= 11 is 0. The number of hydrogen-bond donors (Lipinski definition) is 1. The summed E-state index contributed by atoms with van der Waals surface area (Å²) in [6.07, 6.45) is 4.61. The largest absolute Gasteiger partial charge is 0.488 e. The van der Waals surface area contributed by atoms with Crippen LogP contribution in [0.5, 0.6) is 5.75 Å². The average Bonchev–Trinajstić information content (AvgIpc) is 3.47. The van der Waals surface area contributed by atoms with Crippen LogP contribution in [0.25, 0.3) is 0 Å². The lowest BCUT2D eigenvalue weighted by Crippen LogP contribution is -2.41. The predicted molar refractivity (Wildman–Crippen MR) is 95.4 cm³/mol. The number of aromatic nitrogens is 1. The van der Waals surface area contributed by atoms with Gasteiger partial charge in [0.25, 0.3) is 0 Å². The van der Waals surface area contributed by atoms with Crippen molar-refractivity contribution in [3.05, 3.63) is 53.2 Å². The molecule has 1 aromatic carbocycles. The second-order valence-corrected chi connectivity index (χ2v) is 7.11. The van der Waals surface area contributed by atoms with E-state index in [2.05, 4.69) is 4.98 Å². The molecule has 1 atom stereocenters. The molecule has 4 rings (SSSR count). The van der Waals surface area contributed by atoms with E-state index in [1.54, 1.807) is 6.07 Å². The van der Waals surface area contributed by atoms with Crippen LogP contribution in [0.1, 0.15) is 47.5 Å². The predicted octanol–water partition coefficient (Wildman–Crippen LogP) is 3.98. The first-order valence-corrected chi connectivity index (χ1v) is 9.11. The quantitative estimate of drug-likeness (QED) is 0.858. The van der Waals surface area contributed by atoms with Crippen molar-refractivity contribution in [2.75, 3.05) is 18.0 Å². The number of halogens is 2. The number of carbonyl (C=O) groups is 1. The highest BCUT2D eigenvalue weighted by atomic mass is 19.1. The van der Waals surface area contributed by atoms with Crippen molar-refractivity contribution in [2.24, 2.45) is 0 Å². The molecule has 7 heteroatoms. The molecule has 1 aliphatic heterocycles. The maximum absolute atomic E-state index is 14.2. The Morgan fingerprint density at radius 2 is 2.04 bits per heavy atom. The van der Waals surface area contributed by atoms with Gasteiger partial charge in [0.2, 0.25) is 0 Å². The molecule has 2 aliphatic rings. The third kappa shape index (κ3) is 3.86. The summed E-state index contributed by atoms with van der Waals surface area (Å²) in [6, 6.07) is 5.62. The molecule has 1 saturated carbocycles. The van der Waals surface area contributed by atoms with Gasteiger partial charge in [0, 0.05) is 12.6 Å². The molecule has 5 nitrogen and oxygen atoms in total. The van der Waals surface area contributed by atoms with Gasteiger partial charge in [-0.1, -0.05) is 0 Å². The Balaban J connectivity index is 1.54. The molecule has 1 aliphatic carbocycles. The second kappa shape index (κ2) is 7.13. The van der Waals surface area contributed by atoms with Crippen molar-refractivity contribution in [3.63, 3.8) is 0 Å². The fourth-order valence-corrected chi connectivity index (χ4v) is 3.53. The van der Waals surface area contributed by atoms with Crippen LogP contribution >= 0.6 is 0 Å². The molecule has 1 saturated heterocycles. The zero-order valence-corrected chi connectivity index (χ0v) is 14.7. The molecule has 0 spiro atoms. The van der Waals surface area contributed by atoms with E-state index in [9.17, 15) is 13.6 Å². The highest BCUT2D eigenvalue weighted by Crippen LogP contribution is 2.45. The summed E-state index contributed by atoms with van der Waals surface area (Å²) < 4.78 is 33.4. The minimum Gasteiger partial charge on any atom is -0.488 e. The van der Waals surface area contributed by atoms with Crippen molar-refractivity contribution < 1.29 is 23.4 Å². The zero-order chi connectivity index (χ0) is 19.0. The molecule has 1 N–H and O–H groups in total. The Kier molecular flexibility index (Phi) is 4.68. The van der Waals surface area contributed by atoms with E-state index in [1.807, 2.05) is 4.90 Å². The van der Waals surface area contributed by atoms with Crippen LogP contribution in [-0.4, -0.2) is 35.3 Å². The fraction of sp³-hybridized carbons (Fsp3) is 0.400. The van der Waals surface area contributed by atoms with E-state index in [0.29, 0.717) is 18.1 Å². The van der Waals surface area contributed by atoms with E-state index in [4.69, 9.17) is 9.84 Å². The normalized spacial score (nSPS) is 19.8. The third-order valence-corrected chi connectivity index (χ3v) is 5.05. The fourth-order valence-electron chi connectivity index (χ4n) is 3.53. The van der Waals surface area contributed by atoms with Crippen LogP contribution in [0.3, 0.4) is 0 Å². The van der Waals surface area contributed by atoms with Crippen molar-refractivity contribution in [3.8, 4) is 5.75 Å². The van der Waals surface area contributed by atoms with Crippen LogP contribution in [0.4, 0.5) is 14.6 Å². The van der Waals surface area contributed by atoms with Gasteiger partial charge in [0.1, 0.15) is 29.3 Å². The van der Waals surface area contributed by atoms with Crippen LogP contribution < -0.4 is 9.64 Å². The van der Waals surface area contributed by atoms with Gasteiger partial charge in [-0.05, 0) is 55.4 Å². The number of ether oxygens (including phenoxy) is 1. The SMILES string of the molecule is O=C(O)c1cc(C2CC2)c(O[C@@H]2CCCN(c3ccc(F)cn3)C2)cc1F. The van der Waals surface area contributed by atoms with Gasteiger partial charge in [0.15, 0.2) is 0 Å². The number of hydrogen-bond acceptors (Lipinski definition) is 4. The lowest BCUT2D eigenvalue weighted by molar-refractivity contribution is 0.0691. The molecule has 27 heavy (non-hydrogen) atoms. The minimum absolute atomic E-state index is 0.168. The lowest BCUT2D eigenvalue weighted by Gasteiger charge is -2.34. The molecule has 0 amide bonds. The summed E-state index contributed by atoms with van der Waals surface area (Å²) in [7, 11) is 0. The van der Waals surface area contributed by atoms with Crippen LogP contribution in [0.2, 0.25) is 0 Å². The van der Waals surface area contributed by atoms with E-state index in [1.165, 1.54) is 24.4 Å². The first kappa shape index (κ1) is 17.7. The average molecular weight is 374 g/mol. The maximum Gasteiger partial charge on any atom is 0.338 e. The summed E-state index contributed by atoms with van der Waals surface area (Å²) in [5.41, 5.74) is 0.455. The van der Waals surface area contributed by atoms with Crippen LogP contribution in [-0.2, 0) is 0 Å². The number of carboxylic acids is 1. The van der Waals surface area contributed by atoms with Gasteiger partial charge < -0.3 is 14.7 Å². The molecule has 142 valence electrons. The van der Waals surface area contributed by atoms with E-state index in [-0.39, 0.29) is 23.4 Å². The Hall–Kier alpha value is -2.70. The summed E-state index contributed by atoms with van der Waals surface area (Å²) in [6.45, 7) is 1.35. The van der Waals surface area contributed by atoms with Crippen LogP contribution in [0, 0.1) is 11.6 Å². The Morgan fingerprint density at radius 3 is 2.70 bits per heavy atom. The Labute approximate surface area is 155 Å².